The van der Waals surface area contributed by atoms with Gasteiger partial charge in [-0.1, -0.05) is 29.8 Å². The maximum absolute atomic E-state index is 13.2. The normalized spacial score (nSPS) is 28.8. The minimum Gasteiger partial charge on any atom is -0.379 e. The highest BCUT2D eigenvalue weighted by molar-refractivity contribution is 7.89. The number of ketones is 1. The summed E-state index contributed by atoms with van der Waals surface area (Å²) in [6, 6.07) is 6.31. The third kappa shape index (κ3) is 3.87. The summed E-state index contributed by atoms with van der Waals surface area (Å²) < 4.78 is 27.5. The summed E-state index contributed by atoms with van der Waals surface area (Å²) in [5.41, 5.74) is 1.23. The van der Waals surface area contributed by atoms with Gasteiger partial charge < -0.3 is 5.32 Å². The number of carbonyl (C=O) groups excluding carboxylic acids is 1. The number of nitrogens with zero attached hydrogens (tertiary/aromatic N) is 1. The number of piperidine rings is 2. The van der Waals surface area contributed by atoms with Crippen molar-refractivity contribution in [3.63, 3.8) is 0 Å². The highest BCUT2D eigenvalue weighted by Crippen LogP contribution is 2.34. The molecule has 1 aromatic rings. The van der Waals surface area contributed by atoms with E-state index >= 15 is 0 Å². The van der Waals surface area contributed by atoms with Crippen LogP contribution in [-0.4, -0.2) is 37.6 Å². The molecule has 2 fully saturated rings. The standard InChI is InChI=1S/C21H27ClN2O3S/c22-17-8-2-4-10-20(17)28(26,27)24-13-5-7-16(14-24)21(25)19-12-11-15-6-1-3-9-18(15)23-19/h2,4,8-10,15-16,19,23H,1,3,5-7,11-14H2/t15-,16+,19?/m1/s1. The Kier molecular flexibility index (Phi) is 5.81. The number of nitrogens with one attached hydrogen (secondary N) is 1. The van der Waals surface area contributed by atoms with Crippen LogP contribution in [0.15, 0.2) is 40.9 Å². The largest absolute Gasteiger partial charge is 0.379 e. The summed E-state index contributed by atoms with van der Waals surface area (Å²) in [6.45, 7) is 0.676. The molecule has 2 aliphatic heterocycles. The van der Waals surface area contributed by atoms with E-state index in [9.17, 15) is 13.2 Å². The zero-order valence-corrected chi connectivity index (χ0v) is 17.5. The zero-order chi connectivity index (χ0) is 19.7. The number of fused-ring (bicyclic) bond motifs is 1. The van der Waals surface area contributed by atoms with Crippen molar-refractivity contribution in [2.45, 2.75) is 55.9 Å². The highest BCUT2D eigenvalue weighted by atomic mass is 35.5. The van der Waals surface area contributed by atoms with Gasteiger partial charge in [0.15, 0.2) is 5.78 Å². The number of allylic oxidation sites excluding steroid dienone is 2. The molecule has 0 amide bonds. The molecule has 7 heteroatoms. The number of carbonyl (C=O) groups is 1. The van der Waals surface area contributed by atoms with E-state index in [-0.39, 0.29) is 34.2 Å². The Labute approximate surface area is 172 Å². The van der Waals surface area contributed by atoms with Crippen molar-refractivity contribution in [2.24, 2.45) is 11.8 Å². The van der Waals surface area contributed by atoms with E-state index in [1.165, 1.54) is 28.9 Å². The van der Waals surface area contributed by atoms with E-state index in [1.807, 2.05) is 0 Å². The zero-order valence-electron chi connectivity index (χ0n) is 15.9. The van der Waals surface area contributed by atoms with Gasteiger partial charge >= 0.3 is 0 Å². The van der Waals surface area contributed by atoms with Crippen LogP contribution in [0.4, 0.5) is 0 Å². The molecule has 152 valence electrons. The molecule has 28 heavy (non-hydrogen) atoms. The van der Waals surface area contributed by atoms with Crippen LogP contribution in [0.1, 0.15) is 44.9 Å². The Balaban J connectivity index is 1.47. The van der Waals surface area contributed by atoms with Gasteiger partial charge in [0.2, 0.25) is 10.0 Å². The number of halogens is 1. The van der Waals surface area contributed by atoms with E-state index in [0.717, 1.165) is 25.7 Å². The molecule has 3 aliphatic rings. The van der Waals surface area contributed by atoms with Gasteiger partial charge in [-0.25, -0.2) is 8.42 Å². The fourth-order valence-corrected chi connectivity index (χ4v) is 6.76. The molecule has 2 heterocycles. The minimum atomic E-state index is -3.69. The van der Waals surface area contributed by atoms with E-state index in [2.05, 4.69) is 11.4 Å². The Bertz CT molecular complexity index is 883. The van der Waals surface area contributed by atoms with Crippen molar-refractivity contribution < 1.29 is 13.2 Å². The van der Waals surface area contributed by atoms with Crippen LogP contribution in [0, 0.1) is 11.8 Å². The van der Waals surface area contributed by atoms with Crippen molar-refractivity contribution in [3.8, 4) is 0 Å². The molecule has 2 saturated heterocycles. The van der Waals surface area contributed by atoms with Crippen LogP contribution in [0.25, 0.3) is 0 Å². The van der Waals surface area contributed by atoms with Gasteiger partial charge in [0.05, 0.1) is 11.1 Å². The number of rotatable bonds is 4. The first kappa shape index (κ1) is 19.9. The minimum absolute atomic E-state index is 0.121. The smallest absolute Gasteiger partial charge is 0.244 e. The molecule has 0 spiro atoms. The maximum atomic E-state index is 13.2. The number of hydrogen-bond donors (Lipinski definition) is 1. The summed E-state index contributed by atoms with van der Waals surface area (Å²) in [5, 5.41) is 3.69. The molecule has 1 aromatic carbocycles. The third-order valence-corrected chi connectivity index (χ3v) is 8.65. The Morgan fingerprint density at radius 2 is 1.93 bits per heavy atom. The van der Waals surface area contributed by atoms with Crippen LogP contribution in [0.5, 0.6) is 0 Å². The van der Waals surface area contributed by atoms with Crippen LogP contribution in [-0.2, 0) is 14.8 Å². The molecule has 3 atom stereocenters. The van der Waals surface area contributed by atoms with E-state index in [1.54, 1.807) is 18.2 Å². The Morgan fingerprint density at radius 3 is 2.75 bits per heavy atom. The molecular formula is C21H27ClN2O3S. The molecule has 5 nitrogen and oxygen atoms in total. The molecule has 0 radical (unpaired) electrons. The first-order valence-corrected chi connectivity index (χ1v) is 12.0. The fraction of sp³-hybridized carbons (Fsp3) is 0.571. The van der Waals surface area contributed by atoms with Gasteiger partial charge in [-0.15, -0.1) is 0 Å². The van der Waals surface area contributed by atoms with Gasteiger partial charge in [0.1, 0.15) is 4.90 Å². The SMILES string of the molecule is O=C(C1CC[C@H]2CCCC=C2N1)[C@H]1CCCN(S(=O)(=O)c2ccccc2Cl)C1. The van der Waals surface area contributed by atoms with Crippen LogP contribution in [0.3, 0.4) is 0 Å². The first-order chi connectivity index (χ1) is 13.5. The summed E-state index contributed by atoms with van der Waals surface area (Å²) >= 11 is 6.12. The second-order valence-corrected chi connectivity index (χ2v) is 10.4. The molecule has 0 bridgehead atoms. The number of benzene rings is 1. The van der Waals surface area contributed by atoms with Crippen LogP contribution >= 0.6 is 11.6 Å². The topological polar surface area (TPSA) is 66.5 Å². The van der Waals surface area contributed by atoms with Gasteiger partial charge in [0.25, 0.3) is 0 Å². The predicted molar refractivity (Wildman–Crippen MR) is 110 cm³/mol. The quantitative estimate of drug-likeness (QED) is 0.802. The maximum Gasteiger partial charge on any atom is 0.244 e. The summed E-state index contributed by atoms with van der Waals surface area (Å²) in [5.74, 6) is 0.467. The average Bonchev–Trinajstić information content (AvgIpc) is 2.73. The van der Waals surface area contributed by atoms with E-state index in [0.29, 0.717) is 18.9 Å². The lowest BCUT2D eigenvalue weighted by molar-refractivity contribution is -0.126. The van der Waals surface area contributed by atoms with Crippen molar-refractivity contribution in [2.75, 3.05) is 13.1 Å². The van der Waals surface area contributed by atoms with Crippen molar-refractivity contribution in [1.82, 2.24) is 9.62 Å². The van der Waals surface area contributed by atoms with E-state index < -0.39 is 10.0 Å². The third-order valence-electron chi connectivity index (χ3n) is 6.29. The first-order valence-electron chi connectivity index (χ1n) is 10.2. The van der Waals surface area contributed by atoms with E-state index in [4.69, 9.17) is 11.6 Å². The molecule has 0 aromatic heterocycles. The molecular weight excluding hydrogens is 396 g/mol. The lowest BCUT2D eigenvalue weighted by Crippen LogP contribution is -2.50. The van der Waals surface area contributed by atoms with Gasteiger partial charge in [-0.3, -0.25) is 4.79 Å². The van der Waals surface area contributed by atoms with Gasteiger partial charge in [0, 0.05) is 24.7 Å². The molecule has 0 saturated carbocycles. The predicted octanol–water partition coefficient (Wildman–Crippen LogP) is 3.75. The molecule has 1 N–H and O–H groups in total. The molecule has 1 aliphatic carbocycles. The van der Waals surface area contributed by atoms with Crippen molar-refractivity contribution in [1.29, 1.82) is 0 Å². The fourth-order valence-electron chi connectivity index (χ4n) is 4.75. The average molecular weight is 423 g/mol. The Hall–Kier alpha value is -1.37. The lowest BCUT2D eigenvalue weighted by atomic mass is 9.80. The van der Waals surface area contributed by atoms with Gasteiger partial charge in [-0.2, -0.15) is 4.31 Å². The summed E-state index contributed by atoms with van der Waals surface area (Å²) in [6.07, 6.45) is 9.07. The second kappa shape index (κ2) is 8.17. The molecule has 1 unspecified atom stereocenters. The molecule has 4 rings (SSSR count). The number of hydrogen-bond acceptors (Lipinski definition) is 4. The lowest BCUT2D eigenvalue weighted by Gasteiger charge is -2.38. The van der Waals surface area contributed by atoms with Crippen molar-refractivity contribution in [3.05, 3.63) is 41.1 Å². The van der Waals surface area contributed by atoms with Crippen molar-refractivity contribution >= 4 is 27.4 Å². The monoisotopic (exact) mass is 422 g/mol. The Morgan fingerprint density at radius 1 is 1.11 bits per heavy atom. The second-order valence-electron chi connectivity index (χ2n) is 8.10. The highest BCUT2D eigenvalue weighted by Gasteiger charge is 2.38. The van der Waals surface area contributed by atoms with Gasteiger partial charge in [-0.05, 0) is 63.0 Å². The summed E-state index contributed by atoms with van der Waals surface area (Å²) in [4.78, 5) is 13.3. The number of sulfonamides is 1. The summed E-state index contributed by atoms with van der Waals surface area (Å²) in [7, 11) is -3.69. The van der Waals surface area contributed by atoms with Crippen LogP contribution < -0.4 is 5.32 Å². The number of Topliss-reactive ketones (excluding diaryl/α,β-unsaturated/α-hetero) is 1. The van der Waals surface area contributed by atoms with Crippen LogP contribution in [0.2, 0.25) is 5.02 Å².